The van der Waals surface area contributed by atoms with Crippen molar-refractivity contribution in [2.75, 3.05) is 28.3 Å². The summed E-state index contributed by atoms with van der Waals surface area (Å²) in [5, 5.41) is 2.62. The van der Waals surface area contributed by atoms with E-state index in [0.717, 1.165) is 16.2 Å². The Morgan fingerprint density at radius 2 is 1.64 bits per heavy atom. The third-order valence-electron chi connectivity index (χ3n) is 6.08. The fraction of sp³-hybridized carbons (Fsp3) is 0.200. The summed E-state index contributed by atoms with van der Waals surface area (Å²) in [6.07, 6.45) is 0.668. The Hall–Kier alpha value is -4.43. The number of carbonyl (C=O) groups excluding carboxylic acids is 4. The number of hydrogen-bond donors (Lipinski definition) is 1. The Morgan fingerprint density at radius 1 is 0.923 bits per heavy atom. The molecule has 200 valence electrons. The van der Waals surface area contributed by atoms with Crippen LogP contribution in [0.2, 0.25) is 0 Å². The number of imide groups is 1. The van der Waals surface area contributed by atoms with E-state index < -0.39 is 17.8 Å². The maximum Gasteiger partial charge on any atom is 0.338 e. The van der Waals surface area contributed by atoms with Gasteiger partial charge in [0, 0.05) is 23.5 Å². The van der Waals surface area contributed by atoms with Crippen LogP contribution in [0.15, 0.2) is 83.5 Å². The summed E-state index contributed by atoms with van der Waals surface area (Å²) in [6, 6.07) is 20.3. The van der Waals surface area contributed by atoms with E-state index in [-0.39, 0.29) is 34.5 Å². The number of ether oxygens (including phenoxy) is 1. The summed E-state index contributed by atoms with van der Waals surface area (Å²) in [7, 11) is 0. The van der Waals surface area contributed by atoms with Crippen LogP contribution in [-0.2, 0) is 14.3 Å². The van der Waals surface area contributed by atoms with Gasteiger partial charge in [0.05, 0.1) is 17.9 Å². The number of nitrogens with zero attached hydrogens (tertiary/aromatic N) is 2. The van der Waals surface area contributed by atoms with Crippen molar-refractivity contribution in [3.63, 3.8) is 0 Å². The van der Waals surface area contributed by atoms with E-state index in [9.17, 15) is 19.2 Å². The van der Waals surface area contributed by atoms with Crippen molar-refractivity contribution >= 4 is 52.4 Å². The molecule has 1 N–H and O–H groups in total. The van der Waals surface area contributed by atoms with Crippen molar-refractivity contribution in [2.45, 2.75) is 27.2 Å². The third-order valence-corrected chi connectivity index (χ3v) is 6.43. The first-order chi connectivity index (χ1) is 18.7. The molecular formula is C30H28ClN3O5. The van der Waals surface area contributed by atoms with E-state index in [2.05, 4.69) is 5.32 Å². The number of nitrogens with one attached hydrogen (secondary N) is 1. The molecule has 3 aromatic carbocycles. The van der Waals surface area contributed by atoms with Gasteiger partial charge in [-0.15, -0.1) is 0 Å². The molecule has 1 heterocycles. The zero-order chi connectivity index (χ0) is 28.1. The number of aryl methyl sites for hydroxylation is 1. The van der Waals surface area contributed by atoms with Crippen LogP contribution in [0.3, 0.4) is 0 Å². The van der Waals surface area contributed by atoms with Crippen molar-refractivity contribution < 1.29 is 23.9 Å². The molecule has 0 radical (unpaired) electrons. The Bertz CT molecular complexity index is 1470. The van der Waals surface area contributed by atoms with Crippen molar-refractivity contribution in [3.8, 4) is 0 Å². The number of hydrogen-bond acceptors (Lipinski definition) is 6. The standard InChI is InChI=1S/C30H28ClN3O5/c1-4-16-39-30(38)21-9-7-11-24(18-21)34-28(36)25(31)26(29(34)37)32-22-14-12-20(13-15-22)27(35)33(5-2)23-10-6-8-19(3)17-23/h6-15,17-18,32H,4-5,16H2,1-3H3. The van der Waals surface area contributed by atoms with Gasteiger partial charge in [-0.3, -0.25) is 14.4 Å². The van der Waals surface area contributed by atoms with Gasteiger partial charge in [-0.2, -0.15) is 0 Å². The summed E-state index contributed by atoms with van der Waals surface area (Å²) in [6.45, 7) is 6.51. The zero-order valence-electron chi connectivity index (χ0n) is 21.9. The molecule has 8 nitrogen and oxygen atoms in total. The van der Waals surface area contributed by atoms with E-state index in [1.165, 1.54) is 12.1 Å². The van der Waals surface area contributed by atoms with E-state index in [1.54, 1.807) is 41.3 Å². The SMILES string of the molecule is CCCOC(=O)c1cccc(N2C(=O)C(Cl)=C(Nc3ccc(C(=O)N(CC)c4cccc(C)c4)cc3)C2=O)c1. The maximum absolute atomic E-state index is 13.2. The Kier molecular flexibility index (Phi) is 8.46. The lowest BCUT2D eigenvalue weighted by Gasteiger charge is -2.21. The van der Waals surface area contributed by atoms with Gasteiger partial charge >= 0.3 is 5.97 Å². The van der Waals surface area contributed by atoms with Crippen molar-refractivity contribution in [1.82, 2.24) is 0 Å². The van der Waals surface area contributed by atoms with Crippen LogP contribution >= 0.6 is 11.6 Å². The number of rotatable bonds is 9. The van der Waals surface area contributed by atoms with Gasteiger partial charge in [-0.1, -0.05) is 36.7 Å². The second-order valence-corrected chi connectivity index (χ2v) is 9.29. The lowest BCUT2D eigenvalue weighted by Crippen LogP contribution is -2.32. The largest absolute Gasteiger partial charge is 0.462 e. The summed E-state index contributed by atoms with van der Waals surface area (Å²) in [5.74, 6) is -2.09. The van der Waals surface area contributed by atoms with Crippen LogP contribution in [-0.4, -0.2) is 36.8 Å². The molecule has 9 heteroatoms. The lowest BCUT2D eigenvalue weighted by atomic mass is 10.1. The second-order valence-electron chi connectivity index (χ2n) is 8.91. The van der Waals surface area contributed by atoms with Crippen LogP contribution in [0.25, 0.3) is 0 Å². The van der Waals surface area contributed by atoms with Crippen molar-refractivity contribution in [3.05, 3.63) is 100 Å². The molecule has 1 aliphatic heterocycles. The Morgan fingerprint density at radius 3 is 2.31 bits per heavy atom. The maximum atomic E-state index is 13.2. The normalized spacial score (nSPS) is 13.1. The summed E-state index contributed by atoms with van der Waals surface area (Å²) < 4.78 is 5.15. The molecule has 0 bridgehead atoms. The minimum atomic E-state index is -0.716. The third kappa shape index (κ3) is 5.86. The topological polar surface area (TPSA) is 96.0 Å². The molecule has 39 heavy (non-hydrogen) atoms. The quantitative estimate of drug-likeness (QED) is 0.275. The average molecular weight is 546 g/mol. The molecule has 0 aromatic heterocycles. The fourth-order valence-electron chi connectivity index (χ4n) is 4.13. The van der Waals surface area contributed by atoms with Gasteiger partial charge in [0.2, 0.25) is 0 Å². The molecule has 3 amide bonds. The predicted octanol–water partition coefficient (Wildman–Crippen LogP) is 5.66. The number of amides is 3. The fourth-order valence-corrected chi connectivity index (χ4v) is 4.34. The van der Waals surface area contributed by atoms with Gasteiger partial charge in [-0.25, -0.2) is 9.69 Å². The van der Waals surface area contributed by atoms with Crippen LogP contribution in [0, 0.1) is 6.92 Å². The van der Waals surface area contributed by atoms with E-state index >= 15 is 0 Å². The van der Waals surface area contributed by atoms with E-state index in [0.29, 0.717) is 24.2 Å². The first kappa shape index (κ1) is 27.6. The number of esters is 1. The van der Waals surface area contributed by atoms with Gasteiger partial charge in [0.25, 0.3) is 17.7 Å². The Labute approximate surface area is 231 Å². The molecule has 3 aromatic rings. The minimum absolute atomic E-state index is 0.102. The molecule has 0 spiro atoms. The van der Waals surface area contributed by atoms with Crippen molar-refractivity contribution in [2.24, 2.45) is 0 Å². The first-order valence-electron chi connectivity index (χ1n) is 12.6. The zero-order valence-corrected chi connectivity index (χ0v) is 22.6. The molecule has 0 saturated carbocycles. The highest BCUT2D eigenvalue weighted by molar-refractivity contribution is 6.53. The van der Waals surface area contributed by atoms with Gasteiger partial charge in [0.1, 0.15) is 10.7 Å². The van der Waals surface area contributed by atoms with E-state index in [4.69, 9.17) is 16.3 Å². The molecule has 0 atom stereocenters. The molecule has 4 rings (SSSR count). The van der Waals surface area contributed by atoms with E-state index in [1.807, 2.05) is 45.0 Å². The van der Waals surface area contributed by atoms with Crippen LogP contribution in [0.5, 0.6) is 0 Å². The lowest BCUT2D eigenvalue weighted by molar-refractivity contribution is -0.120. The summed E-state index contributed by atoms with van der Waals surface area (Å²) >= 11 is 6.26. The van der Waals surface area contributed by atoms with Gasteiger partial charge in [0.15, 0.2) is 0 Å². The van der Waals surface area contributed by atoms with Crippen LogP contribution in [0.1, 0.15) is 46.5 Å². The van der Waals surface area contributed by atoms with Gasteiger partial charge in [-0.05, 0) is 80.4 Å². The van der Waals surface area contributed by atoms with Gasteiger partial charge < -0.3 is 15.0 Å². The number of benzene rings is 3. The summed E-state index contributed by atoms with van der Waals surface area (Å²) in [4.78, 5) is 54.1. The highest BCUT2D eigenvalue weighted by Crippen LogP contribution is 2.31. The molecule has 0 unspecified atom stereocenters. The second kappa shape index (κ2) is 12.0. The van der Waals surface area contributed by atoms with Crippen molar-refractivity contribution in [1.29, 1.82) is 0 Å². The first-order valence-corrected chi connectivity index (χ1v) is 12.9. The Balaban J connectivity index is 1.50. The smallest absolute Gasteiger partial charge is 0.338 e. The monoisotopic (exact) mass is 545 g/mol. The average Bonchev–Trinajstić information content (AvgIpc) is 3.15. The highest BCUT2D eigenvalue weighted by atomic mass is 35.5. The molecule has 0 aliphatic carbocycles. The summed E-state index contributed by atoms with van der Waals surface area (Å²) in [5.41, 5.74) is 3.10. The molecule has 0 fully saturated rings. The van der Waals surface area contributed by atoms with Crippen LogP contribution in [0.4, 0.5) is 17.1 Å². The van der Waals surface area contributed by atoms with Crippen LogP contribution < -0.4 is 15.1 Å². The number of carbonyl (C=O) groups is 4. The highest BCUT2D eigenvalue weighted by Gasteiger charge is 2.39. The molecule has 0 saturated heterocycles. The predicted molar refractivity (Wildman–Crippen MR) is 151 cm³/mol. The number of anilines is 3. The minimum Gasteiger partial charge on any atom is -0.462 e. The molecule has 1 aliphatic rings. The molecular weight excluding hydrogens is 518 g/mol. The number of halogens is 1.